The lowest BCUT2D eigenvalue weighted by molar-refractivity contribution is -0.220. The van der Waals surface area contributed by atoms with Crippen molar-refractivity contribution in [2.75, 3.05) is 13.2 Å². The molecule has 1 saturated carbocycles. The fourth-order valence-electron chi connectivity index (χ4n) is 7.41. The van der Waals surface area contributed by atoms with Gasteiger partial charge in [0.25, 0.3) is 0 Å². The van der Waals surface area contributed by atoms with Crippen LogP contribution in [0, 0.1) is 0 Å². The van der Waals surface area contributed by atoms with Gasteiger partial charge in [-0.1, -0.05) is 187 Å². The number of carbonyl (C=O) groups is 2. The van der Waals surface area contributed by atoms with Crippen LogP contribution >= 0.6 is 7.82 Å². The first-order valence-corrected chi connectivity index (χ1v) is 24.8. The molecular formula is C44H85O13P. The number of esters is 2. The third-order valence-electron chi connectivity index (χ3n) is 11.2. The minimum Gasteiger partial charge on any atom is -0.462 e. The molecule has 1 aliphatic carbocycles. The fourth-order valence-corrected chi connectivity index (χ4v) is 8.38. The summed E-state index contributed by atoms with van der Waals surface area (Å²) in [6, 6.07) is 0. The Kier molecular flexibility index (Phi) is 33.5. The zero-order valence-corrected chi connectivity index (χ0v) is 37.3. The number of phosphoric acid groups is 1. The highest BCUT2D eigenvalue weighted by molar-refractivity contribution is 7.47. The molecule has 1 fully saturated rings. The van der Waals surface area contributed by atoms with Crippen LogP contribution in [0.15, 0.2) is 0 Å². The lowest BCUT2D eigenvalue weighted by Crippen LogP contribution is -2.64. The number of phosphoric ester groups is 1. The van der Waals surface area contributed by atoms with Crippen LogP contribution in [0.2, 0.25) is 0 Å². The lowest BCUT2D eigenvalue weighted by atomic mass is 9.85. The third kappa shape index (κ3) is 27.6. The number of rotatable bonds is 39. The van der Waals surface area contributed by atoms with Crippen molar-refractivity contribution in [3.05, 3.63) is 0 Å². The Hall–Kier alpha value is -1.15. The largest absolute Gasteiger partial charge is 0.472 e. The molecule has 0 saturated heterocycles. The maximum Gasteiger partial charge on any atom is 0.472 e. The summed E-state index contributed by atoms with van der Waals surface area (Å²) in [5.41, 5.74) is 0. The molecule has 1 rings (SSSR count). The lowest BCUT2D eigenvalue weighted by Gasteiger charge is -2.41. The molecule has 13 nitrogen and oxygen atoms in total. The summed E-state index contributed by atoms with van der Waals surface area (Å²) in [6.45, 7) is 3.28. The van der Waals surface area contributed by atoms with Gasteiger partial charge in [-0.15, -0.1) is 0 Å². The van der Waals surface area contributed by atoms with Gasteiger partial charge in [0, 0.05) is 12.8 Å². The molecule has 0 aromatic rings. The molecule has 0 heterocycles. The van der Waals surface area contributed by atoms with Gasteiger partial charge >= 0.3 is 19.8 Å². The number of carbonyl (C=O) groups excluding carboxylic acids is 2. The number of hydrogen-bond donors (Lipinski definition) is 6. The molecule has 0 bridgehead atoms. The number of aliphatic hydroxyl groups excluding tert-OH is 5. The van der Waals surface area contributed by atoms with Gasteiger partial charge < -0.3 is 39.9 Å². The van der Waals surface area contributed by atoms with E-state index in [1.165, 1.54) is 135 Å². The summed E-state index contributed by atoms with van der Waals surface area (Å²) in [7, 11) is -5.10. The van der Waals surface area contributed by atoms with Crippen molar-refractivity contribution < 1.29 is 63.1 Å². The normalized spacial score (nSPS) is 22.4. The van der Waals surface area contributed by atoms with E-state index in [1.54, 1.807) is 0 Å². The van der Waals surface area contributed by atoms with Gasteiger partial charge in [-0.25, -0.2) is 4.57 Å². The zero-order chi connectivity index (χ0) is 42.9. The topological polar surface area (TPSA) is 210 Å². The molecule has 6 unspecified atom stereocenters. The predicted octanol–water partition coefficient (Wildman–Crippen LogP) is 8.89. The molecule has 0 aromatic carbocycles. The standard InChI is InChI=1S/C44H85O13P/c1-3-5-7-9-11-13-14-15-16-17-18-19-20-21-22-23-24-25-27-29-31-33-38(46)56-36(34-54-37(45)32-30-28-26-12-10-8-6-4-2)35-55-58(52,53)57-44-42(50)40(48)39(47)41(49)43(44)51/h36,39-44,47-51H,3-35H2,1-2H3,(H,52,53). The molecular weight excluding hydrogens is 767 g/mol. The van der Waals surface area contributed by atoms with Crippen LogP contribution in [0.5, 0.6) is 0 Å². The van der Waals surface area contributed by atoms with E-state index >= 15 is 0 Å². The molecule has 0 amide bonds. The second-order valence-electron chi connectivity index (χ2n) is 16.6. The van der Waals surface area contributed by atoms with E-state index in [-0.39, 0.29) is 12.8 Å². The molecule has 1 aliphatic rings. The van der Waals surface area contributed by atoms with Crippen LogP contribution in [0.1, 0.15) is 213 Å². The molecule has 0 radical (unpaired) electrons. The first-order valence-electron chi connectivity index (χ1n) is 23.3. The first kappa shape index (κ1) is 54.9. The first-order chi connectivity index (χ1) is 27.9. The Morgan fingerprint density at radius 2 is 0.776 bits per heavy atom. The van der Waals surface area contributed by atoms with Gasteiger partial charge in [-0.05, 0) is 12.8 Å². The van der Waals surface area contributed by atoms with E-state index in [2.05, 4.69) is 13.8 Å². The van der Waals surface area contributed by atoms with E-state index in [9.17, 15) is 44.6 Å². The van der Waals surface area contributed by atoms with E-state index in [1.807, 2.05) is 0 Å². The fraction of sp³-hybridized carbons (Fsp3) is 0.955. The maximum atomic E-state index is 12.8. The van der Waals surface area contributed by atoms with E-state index in [0.29, 0.717) is 12.8 Å². The van der Waals surface area contributed by atoms with Crippen LogP contribution in [0.3, 0.4) is 0 Å². The monoisotopic (exact) mass is 853 g/mol. The Morgan fingerprint density at radius 1 is 0.466 bits per heavy atom. The molecule has 0 aromatic heterocycles. The van der Waals surface area contributed by atoms with Crippen LogP contribution in [-0.4, -0.2) is 98.3 Å². The molecule has 0 spiro atoms. The molecule has 6 atom stereocenters. The van der Waals surface area contributed by atoms with Crippen molar-refractivity contribution in [2.24, 2.45) is 0 Å². The Labute approximate surface area is 351 Å². The zero-order valence-electron chi connectivity index (χ0n) is 36.4. The van der Waals surface area contributed by atoms with Crippen molar-refractivity contribution >= 4 is 19.8 Å². The second-order valence-corrected chi connectivity index (χ2v) is 18.0. The Morgan fingerprint density at radius 3 is 1.14 bits per heavy atom. The minimum absolute atomic E-state index is 0.105. The Bertz CT molecular complexity index is 1030. The maximum absolute atomic E-state index is 12.8. The van der Waals surface area contributed by atoms with E-state index in [4.69, 9.17) is 18.5 Å². The summed E-state index contributed by atoms with van der Waals surface area (Å²) >= 11 is 0. The molecule has 58 heavy (non-hydrogen) atoms. The average molecular weight is 853 g/mol. The van der Waals surface area contributed by atoms with E-state index < -0.39 is 75.7 Å². The van der Waals surface area contributed by atoms with Gasteiger partial charge in [0.1, 0.15) is 43.2 Å². The molecule has 6 N–H and O–H groups in total. The van der Waals surface area contributed by atoms with Gasteiger partial charge in [-0.3, -0.25) is 18.6 Å². The van der Waals surface area contributed by atoms with E-state index in [0.717, 1.165) is 38.5 Å². The van der Waals surface area contributed by atoms with Crippen LogP contribution < -0.4 is 0 Å². The highest BCUT2D eigenvalue weighted by Gasteiger charge is 2.51. The summed E-state index contributed by atoms with van der Waals surface area (Å²) < 4.78 is 33.4. The highest BCUT2D eigenvalue weighted by atomic mass is 31.2. The number of aliphatic hydroxyl groups is 5. The third-order valence-corrected chi connectivity index (χ3v) is 12.2. The molecule has 14 heteroatoms. The summed E-state index contributed by atoms with van der Waals surface area (Å²) in [5, 5.41) is 50.0. The molecule has 344 valence electrons. The number of hydrogen-bond acceptors (Lipinski definition) is 12. The second kappa shape index (κ2) is 35.4. The molecule has 0 aliphatic heterocycles. The van der Waals surface area contributed by atoms with Gasteiger partial charge in [0.2, 0.25) is 0 Å². The van der Waals surface area contributed by atoms with Gasteiger partial charge in [-0.2, -0.15) is 0 Å². The Balaban J connectivity index is 2.35. The SMILES string of the molecule is CCCCCCCCCCCCCCCCCCCCCCCC(=O)OC(COC(=O)CCCCCCCCCC)COP(=O)(O)OC1C(O)C(O)C(O)C(O)C1O. The average Bonchev–Trinajstić information content (AvgIpc) is 3.20. The van der Waals surface area contributed by atoms with Gasteiger partial charge in [0.05, 0.1) is 6.61 Å². The number of ether oxygens (including phenoxy) is 2. The smallest absolute Gasteiger partial charge is 0.462 e. The summed E-state index contributed by atoms with van der Waals surface area (Å²) in [4.78, 5) is 35.5. The minimum atomic E-state index is -5.10. The highest BCUT2D eigenvalue weighted by Crippen LogP contribution is 2.47. The van der Waals surface area contributed by atoms with Gasteiger partial charge in [0.15, 0.2) is 6.10 Å². The van der Waals surface area contributed by atoms with Crippen LogP contribution in [0.25, 0.3) is 0 Å². The van der Waals surface area contributed by atoms with Crippen LogP contribution in [-0.2, 0) is 32.7 Å². The number of unbranched alkanes of at least 4 members (excludes halogenated alkanes) is 27. The predicted molar refractivity (Wildman–Crippen MR) is 226 cm³/mol. The van der Waals surface area contributed by atoms with Crippen LogP contribution in [0.4, 0.5) is 0 Å². The van der Waals surface area contributed by atoms with Crippen molar-refractivity contribution in [1.29, 1.82) is 0 Å². The summed E-state index contributed by atoms with van der Waals surface area (Å²) in [5.74, 6) is -1.09. The van der Waals surface area contributed by atoms with Crippen molar-refractivity contribution in [2.45, 2.75) is 256 Å². The quantitative estimate of drug-likeness (QED) is 0.0194. The van der Waals surface area contributed by atoms with Crippen molar-refractivity contribution in [3.8, 4) is 0 Å². The summed E-state index contributed by atoms with van der Waals surface area (Å²) in [6.07, 6.45) is 21.9. The van der Waals surface area contributed by atoms with Crippen molar-refractivity contribution in [3.63, 3.8) is 0 Å². The van der Waals surface area contributed by atoms with Crippen molar-refractivity contribution in [1.82, 2.24) is 0 Å².